The number of unbranched alkanes of at least 4 members (excludes halogenated alkanes) is 1. The predicted octanol–water partition coefficient (Wildman–Crippen LogP) is 2.30. The Hall–Kier alpha value is -1.14. The predicted molar refractivity (Wildman–Crippen MR) is 77.2 cm³/mol. The molecule has 1 atom stereocenters. The first-order valence-electron chi connectivity index (χ1n) is 6.74. The van der Waals surface area contributed by atoms with Gasteiger partial charge in [-0.2, -0.15) is 0 Å². The number of anilines is 1. The lowest BCUT2D eigenvalue weighted by molar-refractivity contribution is 0.483. The van der Waals surface area contributed by atoms with Gasteiger partial charge in [0, 0.05) is 12.2 Å². The zero-order chi connectivity index (χ0) is 14.3. The number of nitrogens with one attached hydrogen (secondary N) is 1. The highest BCUT2D eigenvalue weighted by atomic mass is 32.2. The van der Waals surface area contributed by atoms with E-state index in [9.17, 15) is 8.42 Å². The van der Waals surface area contributed by atoms with Crippen molar-refractivity contribution in [3.8, 4) is 0 Å². The van der Waals surface area contributed by atoms with Crippen LogP contribution in [0.5, 0.6) is 0 Å². The molecule has 1 unspecified atom stereocenters. The third-order valence-electron chi connectivity index (χ3n) is 2.95. The van der Waals surface area contributed by atoms with Crippen LogP contribution in [-0.4, -0.2) is 19.4 Å². The molecule has 3 N–H and O–H groups in total. The number of sulfonamides is 1. The molecule has 0 saturated carbocycles. The van der Waals surface area contributed by atoms with Crippen molar-refractivity contribution in [3.63, 3.8) is 0 Å². The number of rotatable bonds is 8. The van der Waals surface area contributed by atoms with Crippen LogP contribution in [0.2, 0.25) is 0 Å². The summed E-state index contributed by atoms with van der Waals surface area (Å²) in [5.41, 5.74) is 5.63. The molecule has 1 rings (SSSR count). The number of hydrogen-bond donors (Lipinski definition) is 2. The maximum Gasteiger partial charge on any atom is 0.244 e. The van der Waals surface area contributed by atoms with Crippen LogP contribution < -0.4 is 10.5 Å². The Morgan fingerprint density at radius 3 is 2.63 bits per heavy atom. The Kier molecular flexibility index (Phi) is 6.24. The van der Waals surface area contributed by atoms with Crippen molar-refractivity contribution in [2.24, 2.45) is 0 Å². The topological polar surface area (TPSA) is 85.1 Å². The van der Waals surface area contributed by atoms with Gasteiger partial charge in [-0.1, -0.05) is 33.1 Å². The summed E-state index contributed by atoms with van der Waals surface area (Å²) in [6, 6.07) is 3.02. The van der Waals surface area contributed by atoms with Crippen molar-refractivity contribution < 1.29 is 8.42 Å². The van der Waals surface area contributed by atoms with Crippen LogP contribution in [0.4, 0.5) is 5.82 Å². The number of nitrogens with zero attached hydrogens (tertiary/aromatic N) is 1. The van der Waals surface area contributed by atoms with E-state index < -0.39 is 10.0 Å². The highest BCUT2D eigenvalue weighted by molar-refractivity contribution is 7.89. The second-order valence-corrected chi connectivity index (χ2v) is 6.32. The molecule has 0 bridgehead atoms. The average molecular weight is 285 g/mol. The standard InChI is InChI=1S/C13H23N3O2S/c1-3-5-8-11(7-4-2)16-19(17,18)12-9-6-10-15-13(12)14/h6,9-11,16H,3-5,7-8H2,1-2H3,(H2,14,15). The van der Waals surface area contributed by atoms with Gasteiger partial charge in [0.15, 0.2) is 0 Å². The maximum absolute atomic E-state index is 12.3. The first-order chi connectivity index (χ1) is 9.01. The Labute approximate surface area is 115 Å². The fourth-order valence-corrected chi connectivity index (χ4v) is 3.36. The smallest absolute Gasteiger partial charge is 0.244 e. The van der Waals surface area contributed by atoms with Crippen molar-refractivity contribution in [3.05, 3.63) is 18.3 Å². The normalized spacial score (nSPS) is 13.4. The Balaban J connectivity index is 2.85. The summed E-state index contributed by atoms with van der Waals surface area (Å²) in [4.78, 5) is 3.88. The summed E-state index contributed by atoms with van der Waals surface area (Å²) in [5.74, 6) is 0.0424. The van der Waals surface area contributed by atoms with E-state index in [4.69, 9.17) is 5.73 Å². The molecule has 0 spiro atoms. The van der Waals surface area contributed by atoms with Gasteiger partial charge in [-0.15, -0.1) is 0 Å². The first-order valence-corrected chi connectivity index (χ1v) is 8.22. The van der Waals surface area contributed by atoms with Crippen molar-refractivity contribution in [1.82, 2.24) is 9.71 Å². The molecule has 1 aromatic heterocycles. The molecule has 0 aliphatic rings. The number of nitrogen functional groups attached to an aromatic ring is 1. The van der Waals surface area contributed by atoms with Crippen LogP contribution in [0.15, 0.2) is 23.2 Å². The maximum atomic E-state index is 12.3. The molecule has 0 aliphatic carbocycles. The van der Waals surface area contributed by atoms with Crippen molar-refractivity contribution in [2.75, 3.05) is 5.73 Å². The average Bonchev–Trinajstić information content (AvgIpc) is 2.36. The summed E-state index contributed by atoms with van der Waals surface area (Å²) in [6.45, 7) is 4.14. The number of aromatic nitrogens is 1. The highest BCUT2D eigenvalue weighted by Gasteiger charge is 2.21. The summed E-state index contributed by atoms with van der Waals surface area (Å²) < 4.78 is 27.3. The van der Waals surface area contributed by atoms with Gasteiger partial charge in [-0.3, -0.25) is 0 Å². The fourth-order valence-electron chi connectivity index (χ4n) is 1.97. The second kappa shape index (κ2) is 7.45. The molecule has 0 saturated heterocycles. The van der Waals surface area contributed by atoms with E-state index in [0.29, 0.717) is 0 Å². The molecule has 0 radical (unpaired) electrons. The third-order valence-corrected chi connectivity index (χ3v) is 4.52. The largest absolute Gasteiger partial charge is 0.383 e. The van der Waals surface area contributed by atoms with Crippen LogP contribution in [0.3, 0.4) is 0 Å². The van der Waals surface area contributed by atoms with E-state index in [2.05, 4.69) is 16.6 Å². The van der Waals surface area contributed by atoms with E-state index >= 15 is 0 Å². The molecular weight excluding hydrogens is 262 g/mol. The molecule has 0 aliphatic heterocycles. The lowest BCUT2D eigenvalue weighted by atomic mass is 10.1. The summed E-state index contributed by atoms with van der Waals surface area (Å²) >= 11 is 0. The minimum absolute atomic E-state index is 0.0328. The Morgan fingerprint density at radius 2 is 2.05 bits per heavy atom. The monoisotopic (exact) mass is 285 g/mol. The minimum atomic E-state index is -3.58. The summed E-state index contributed by atoms with van der Waals surface area (Å²) in [7, 11) is -3.58. The molecule has 0 aromatic carbocycles. The van der Waals surface area contributed by atoms with Gasteiger partial charge in [-0.05, 0) is 25.0 Å². The van der Waals surface area contributed by atoms with Crippen LogP contribution in [0, 0.1) is 0 Å². The van der Waals surface area contributed by atoms with E-state index in [1.54, 1.807) is 6.07 Å². The Bertz CT molecular complexity index is 488. The van der Waals surface area contributed by atoms with E-state index in [0.717, 1.165) is 32.1 Å². The fraction of sp³-hybridized carbons (Fsp3) is 0.615. The van der Waals surface area contributed by atoms with Crippen LogP contribution in [0.1, 0.15) is 46.0 Å². The van der Waals surface area contributed by atoms with E-state index in [1.165, 1.54) is 12.3 Å². The lowest BCUT2D eigenvalue weighted by Gasteiger charge is -2.18. The molecular formula is C13H23N3O2S. The second-order valence-electron chi connectivity index (χ2n) is 4.64. The molecule has 5 nitrogen and oxygen atoms in total. The number of pyridine rings is 1. The third kappa shape index (κ3) is 4.80. The van der Waals surface area contributed by atoms with Gasteiger partial charge in [0.05, 0.1) is 0 Å². The molecule has 108 valence electrons. The molecule has 1 heterocycles. The van der Waals surface area contributed by atoms with Crippen LogP contribution >= 0.6 is 0 Å². The van der Waals surface area contributed by atoms with Crippen LogP contribution in [0.25, 0.3) is 0 Å². The van der Waals surface area contributed by atoms with Gasteiger partial charge in [0.1, 0.15) is 10.7 Å². The molecule has 19 heavy (non-hydrogen) atoms. The first kappa shape index (κ1) is 15.9. The number of nitrogens with two attached hydrogens (primary N) is 1. The van der Waals surface area contributed by atoms with Gasteiger partial charge in [-0.25, -0.2) is 18.1 Å². The summed E-state index contributed by atoms with van der Waals surface area (Å²) in [6.07, 6.45) is 6.17. The molecule has 1 aromatic rings. The lowest BCUT2D eigenvalue weighted by Crippen LogP contribution is -2.35. The van der Waals surface area contributed by atoms with Crippen molar-refractivity contribution in [1.29, 1.82) is 0 Å². The quantitative estimate of drug-likeness (QED) is 0.767. The van der Waals surface area contributed by atoms with Gasteiger partial charge in [0.25, 0.3) is 0 Å². The highest BCUT2D eigenvalue weighted by Crippen LogP contribution is 2.17. The molecule has 0 amide bonds. The van der Waals surface area contributed by atoms with Crippen molar-refractivity contribution >= 4 is 15.8 Å². The van der Waals surface area contributed by atoms with Gasteiger partial charge >= 0.3 is 0 Å². The van der Waals surface area contributed by atoms with E-state index in [-0.39, 0.29) is 16.8 Å². The SMILES string of the molecule is CCCCC(CCC)NS(=O)(=O)c1cccnc1N. The van der Waals surface area contributed by atoms with Gasteiger partial charge < -0.3 is 5.73 Å². The Morgan fingerprint density at radius 1 is 1.32 bits per heavy atom. The van der Waals surface area contributed by atoms with E-state index in [1.807, 2.05) is 6.92 Å². The molecule has 6 heteroatoms. The van der Waals surface area contributed by atoms with Crippen LogP contribution in [-0.2, 0) is 10.0 Å². The zero-order valence-corrected chi connectivity index (χ0v) is 12.4. The number of hydrogen-bond acceptors (Lipinski definition) is 4. The summed E-state index contributed by atoms with van der Waals surface area (Å²) in [5, 5.41) is 0. The minimum Gasteiger partial charge on any atom is -0.383 e. The van der Waals surface area contributed by atoms with Gasteiger partial charge in [0.2, 0.25) is 10.0 Å². The zero-order valence-electron chi connectivity index (χ0n) is 11.6. The molecule has 0 fully saturated rings. The van der Waals surface area contributed by atoms with Crippen molar-refractivity contribution in [2.45, 2.75) is 56.9 Å².